The van der Waals surface area contributed by atoms with Crippen molar-refractivity contribution in [3.8, 4) is 5.75 Å². The van der Waals surface area contributed by atoms with Crippen molar-refractivity contribution in [2.75, 3.05) is 12.5 Å². The van der Waals surface area contributed by atoms with Crippen molar-refractivity contribution in [3.05, 3.63) is 23.2 Å². The van der Waals surface area contributed by atoms with Crippen LogP contribution in [-0.2, 0) is 0 Å². The van der Waals surface area contributed by atoms with Crippen LogP contribution in [-0.4, -0.2) is 7.11 Å². The van der Waals surface area contributed by atoms with Crippen LogP contribution in [0.3, 0.4) is 0 Å². The Labute approximate surface area is 86.6 Å². The summed E-state index contributed by atoms with van der Waals surface area (Å²) in [5, 5.41) is 0.575. The molecule has 0 saturated heterocycles. The van der Waals surface area contributed by atoms with Crippen LogP contribution in [0.2, 0.25) is 5.02 Å². The van der Waals surface area contributed by atoms with Crippen LogP contribution in [0, 0.1) is 0 Å². The quantitative estimate of drug-likeness (QED) is 0.627. The van der Waals surface area contributed by atoms with E-state index in [9.17, 15) is 0 Å². The maximum atomic E-state index is 5.76. The summed E-state index contributed by atoms with van der Waals surface area (Å²) in [6, 6.07) is 5.21. The normalized spacial score (nSPS) is 8.58. The minimum absolute atomic E-state index is 0. The van der Waals surface area contributed by atoms with E-state index in [1.807, 2.05) is 0 Å². The van der Waals surface area contributed by atoms with Gasteiger partial charge in [0.2, 0.25) is 0 Å². The van der Waals surface area contributed by atoms with E-state index in [0.717, 1.165) is 5.69 Å². The molecule has 0 fully saturated rings. The Morgan fingerprint density at radius 1 is 1.50 bits per heavy atom. The van der Waals surface area contributed by atoms with Crippen molar-refractivity contribution >= 4 is 34.3 Å². The molecule has 0 aliphatic heterocycles. The highest BCUT2D eigenvalue weighted by molar-refractivity contribution is 8.93. The largest absolute Gasteiger partial charge is 0.495 e. The van der Waals surface area contributed by atoms with Gasteiger partial charge >= 0.3 is 0 Å². The van der Waals surface area contributed by atoms with Gasteiger partial charge in [-0.2, -0.15) is 0 Å². The lowest BCUT2D eigenvalue weighted by Gasteiger charge is -2.04. The van der Waals surface area contributed by atoms with Gasteiger partial charge in [0.1, 0.15) is 5.75 Å². The number of halogens is 2. The maximum Gasteiger partial charge on any atom is 0.139 e. The van der Waals surface area contributed by atoms with Gasteiger partial charge in [0.15, 0.2) is 0 Å². The second-order valence-corrected chi connectivity index (χ2v) is 2.40. The Kier molecular flexibility index (Phi) is 5.04. The topological polar surface area (TPSA) is 47.3 Å². The number of methoxy groups -OCH3 is 1. The number of hydrogen-bond donors (Lipinski definition) is 2. The first-order valence-corrected chi connectivity index (χ1v) is 3.46. The zero-order valence-corrected chi connectivity index (χ0v) is 8.97. The lowest BCUT2D eigenvalue weighted by Crippen LogP contribution is -2.06. The molecule has 0 unspecified atom stereocenters. The van der Waals surface area contributed by atoms with Crippen molar-refractivity contribution in [2.24, 2.45) is 5.84 Å². The van der Waals surface area contributed by atoms with E-state index in [-0.39, 0.29) is 17.0 Å². The van der Waals surface area contributed by atoms with Crippen molar-refractivity contribution in [2.45, 2.75) is 0 Å². The van der Waals surface area contributed by atoms with E-state index < -0.39 is 0 Å². The van der Waals surface area contributed by atoms with Crippen molar-refractivity contribution < 1.29 is 4.74 Å². The highest BCUT2D eigenvalue weighted by Crippen LogP contribution is 2.26. The molecule has 1 rings (SSSR count). The number of benzene rings is 1. The third-order valence-electron chi connectivity index (χ3n) is 1.32. The summed E-state index contributed by atoms with van der Waals surface area (Å²) in [4.78, 5) is 0. The number of nitrogens with two attached hydrogens (primary N) is 1. The lowest BCUT2D eigenvalue weighted by molar-refractivity contribution is 0.415. The summed E-state index contributed by atoms with van der Waals surface area (Å²) in [6.45, 7) is 0. The highest BCUT2D eigenvalue weighted by Gasteiger charge is 1.99. The van der Waals surface area contributed by atoms with Gasteiger partial charge in [0, 0.05) is 6.07 Å². The fourth-order valence-corrected chi connectivity index (χ4v) is 0.944. The van der Waals surface area contributed by atoms with Crippen LogP contribution in [0.15, 0.2) is 18.2 Å². The molecular weight excluding hydrogens is 243 g/mol. The van der Waals surface area contributed by atoms with Gasteiger partial charge in [-0.25, -0.2) is 0 Å². The Morgan fingerprint density at radius 2 is 2.17 bits per heavy atom. The molecule has 3 nitrogen and oxygen atoms in total. The number of ether oxygens (including phenoxy) is 1. The molecular formula is C7H10BrClN2O. The van der Waals surface area contributed by atoms with Crippen molar-refractivity contribution in [1.29, 1.82) is 0 Å². The first-order chi connectivity index (χ1) is 5.27. The summed E-state index contributed by atoms with van der Waals surface area (Å²) in [6.07, 6.45) is 0. The van der Waals surface area contributed by atoms with Gasteiger partial charge in [-0.1, -0.05) is 11.6 Å². The SMILES string of the molecule is Br.COc1cc(NN)ccc1Cl. The molecule has 0 aliphatic carbocycles. The highest BCUT2D eigenvalue weighted by atomic mass is 79.9. The number of nitrogens with one attached hydrogen (secondary N) is 1. The molecule has 1 aromatic rings. The monoisotopic (exact) mass is 252 g/mol. The molecule has 0 saturated carbocycles. The minimum Gasteiger partial charge on any atom is -0.495 e. The molecule has 5 heteroatoms. The number of hydrazine groups is 1. The molecule has 68 valence electrons. The first kappa shape index (κ1) is 11.6. The smallest absolute Gasteiger partial charge is 0.139 e. The molecule has 1 aromatic carbocycles. The molecule has 0 aliphatic rings. The zero-order chi connectivity index (χ0) is 8.27. The van der Waals surface area contributed by atoms with Gasteiger partial charge in [-0.05, 0) is 12.1 Å². The molecule has 0 heterocycles. The fraction of sp³-hybridized carbons (Fsp3) is 0.143. The molecule has 0 atom stereocenters. The van der Waals surface area contributed by atoms with Gasteiger partial charge in [0.05, 0.1) is 17.8 Å². The second kappa shape index (κ2) is 5.24. The summed E-state index contributed by atoms with van der Waals surface area (Å²) < 4.78 is 4.96. The summed E-state index contributed by atoms with van der Waals surface area (Å²) in [5.41, 5.74) is 3.26. The number of nitrogen functional groups attached to an aromatic ring is 1. The Bertz CT molecular complexity index is 257. The van der Waals surface area contributed by atoms with Crippen LogP contribution in [0.4, 0.5) is 5.69 Å². The predicted molar refractivity (Wildman–Crippen MR) is 56.1 cm³/mol. The molecule has 0 spiro atoms. The van der Waals surface area contributed by atoms with Crippen molar-refractivity contribution in [3.63, 3.8) is 0 Å². The minimum atomic E-state index is 0. The number of anilines is 1. The zero-order valence-electron chi connectivity index (χ0n) is 6.50. The Balaban J connectivity index is 0.00000121. The Hall–Kier alpha value is -0.450. The number of rotatable bonds is 2. The third-order valence-corrected chi connectivity index (χ3v) is 1.63. The first-order valence-electron chi connectivity index (χ1n) is 3.08. The maximum absolute atomic E-state index is 5.76. The Morgan fingerprint density at radius 3 is 2.67 bits per heavy atom. The van der Waals surface area contributed by atoms with Gasteiger partial charge in [0.25, 0.3) is 0 Å². The summed E-state index contributed by atoms with van der Waals surface area (Å²) >= 11 is 5.76. The van der Waals surface area contributed by atoms with Crippen LogP contribution in [0.1, 0.15) is 0 Å². The molecule has 3 N–H and O–H groups in total. The van der Waals surface area contributed by atoms with Gasteiger partial charge in [-0.15, -0.1) is 17.0 Å². The second-order valence-electron chi connectivity index (χ2n) is 1.99. The van der Waals surface area contributed by atoms with E-state index in [1.54, 1.807) is 25.3 Å². The van der Waals surface area contributed by atoms with Crippen LogP contribution in [0.5, 0.6) is 5.75 Å². The molecule has 12 heavy (non-hydrogen) atoms. The molecule has 0 radical (unpaired) electrons. The third kappa shape index (κ3) is 2.55. The predicted octanol–water partition coefficient (Wildman–Crippen LogP) is 2.21. The number of hydrogen-bond acceptors (Lipinski definition) is 3. The van der Waals surface area contributed by atoms with Crippen molar-refractivity contribution in [1.82, 2.24) is 0 Å². The summed E-state index contributed by atoms with van der Waals surface area (Å²) in [5.74, 6) is 5.79. The average molecular weight is 254 g/mol. The molecule has 0 amide bonds. The fourth-order valence-electron chi connectivity index (χ4n) is 0.750. The standard InChI is InChI=1S/C7H9ClN2O.BrH/c1-11-7-4-5(10-9)2-3-6(7)8;/h2-4,10H,9H2,1H3;1H. The van der Waals surface area contributed by atoms with Crippen LogP contribution >= 0.6 is 28.6 Å². The molecule has 0 bridgehead atoms. The molecule has 0 aromatic heterocycles. The van der Waals surface area contributed by atoms with Crippen LogP contribution < -0.4 is 16.0 Å². The van der Waals surface area contributed by atoms with E-state index in [0.29, 0.717) is 10.8 Å². The van der Waals surface area contributed by atoms with E-state index in [1.165, 1.54) is 0 Å². The van der Waals surface area contributed by atoms with Gasteiger partial charge in [-0.3, -0.25) is 5.84 Å². The average Bonchev–Trinajstić information content (AvgIpc) is 2.05. The van der Waals surface area contributed by atoms with Crippen LogP contribution in [0.25, 0.3) is 0 Å². The summed E-state index contributed by atoms with van der Waals surface area (Å²) in [7, 11) is 1.56. The van der Waals surface area contributed by atoms with E-state index >= 15 is 0 Å². The van der Waals surface area contributed by atoms with E-state index in [4.69, 9.17) is 22.2 Å². The van der Waals surface area contributed by atoms with Gasteiger partial charge < -0.3 is 10.2 Å². The van der Waals surface area contributed by atoms with E-state index in [2.05, 4.69) is 5.43 Å². The lowest BCUT2D eigenvalue weighted by atomic mass is 10.3.